The summed E-state index contributed by atoms with van der Waals surface area (Å²) >= 11 is 0. The molecule has 0 aliphatic carbocycles. The van der Waals surface area contributed by atoms with Gasteiger partial charge in [-0.2, -0.15) is 0 Å². The molecule has 2 N–H and O–H groups in total. The lowest BCUT2D eigenvalue weighted by molar-refractivity contribution is 0.245. The predicted octanol–water partition coefficient (Wildman–Crippen LogP) is 3.14. The summed E-state index contributed by atoms with van der Waals surface area (Å²) in [5.74, 6) is -0.221. The fourth-order valence-electron chi connectivity index (χ4n) is 2.88. The first-order chi connectivity index (χ1) is 9.74. The van der Waals surface area contributed by atoms with E-state index in [-0.39, 0.29) is 5.82 Å². The Balaban J connectivity index is 1.79. The monoisotopic (exact) mass is 271 g/mol. The topological polar surface area (TPSA) is 42.1 Å². The van der Waals surface area contributed by atoms with Crippen molar-refractivity contribution in [3.63, 3.8) is 0 Å². The standard InChI is InChI=1S/C16H18FN3/c17-15-9-14(18)6-5-13(15)11-20-8-2-4-16(20)12-3-1-7-19-10-12/h1,3,5-7,9-10,16H,2,4,8,11,18H2. The first-order valence-corrected chi connectivity index (χ1v) is 6.92. The number of hydrogen-bond acceptors (Lipinski definition) is 3. The number of likely N-dealkylation sites (tertiary alicyclic amines) is 1. The largest absolute Gasteiger partial charge is 0.399 e. The van der Waals surface area contributed by atoms with Gasteiger partial charge in [0.25, 0.3) is 0 Å². The highest BCUT2D eigenvalue weighted by Gasteiger charge is 2.26. The fourth-order valence-corrected chi connectivity index (χ4v) is 2.88. The van der Waals surface area contributed by atoms with Gasteiger partial charge in [-0.1, -0.05) is 12.1 Å². The van der Waals surface area contributed by atoms with Gasteiger partial charge >= 0.3 is 0 Å². The van der Waals surface area contributed by atoms with Gasteiger partial charge in [0.05, 0.1) is 0 Å². The molecule has 0 spiro atoms. The molecular weight excluding hydrogens is 253 g/mol. The molecule has 1 aliphatic heterocycles. The van der Waals surface area contributed by atoms with Crippen molar-refractivity contribution >= 4 is 5.69 Å². The van der Waals surface area contributed by atoms with Crippen LogP contribution in [0.25, 0.3) is 0 Å². The molecule has 0 saturated carbocycles. The normalized spacial score (nSPS) is 19.4. The van der Waals surface area contributed by atoms with Crippen LogP contribution in [0, 0.1) is 5.82 Å². The van der Waals surface area contributed by atoms with E-state index in [1.165, 1.54) is 11.6 Å². The Hall–Kier alpha value is -1.94. The highest BCUT2D eigenvalue weighted by atomic mass is 19.1. The van der Waals surface area contributed by atoms with E-state index in [0.717, 1.165) is 19.4 Å². The van der Waals surface area contributed by atoms with Crippen molar-refractivity contribution in [2.75, 3.05) is 12.3 Å². The maximum atomic E-state index is 13.9. The number of halogens is 1. The Bertz CT molecular complexity index is 586. The molecule has 2 aromatic rings. The van der Waals surface area contributed by atoms with Crippen LogP contribution >= 0.6 is 0 Å². The summed E-state index contributed by atoms with van der Waals surface area (Å²) in [6.07, 6.45) is 5.92. The maximum absolute atomic E-state index is 13.9. The number of aromatic nitrogens is 1. The van der Waals surface area contributed by atoms with Crippen LogP contribution in [0.5, 0.6) is 0 Å². The zero-order chi connectivity index (χ0) is 13.9. The average Bonchev–Trinajstić information content (AvgIpc) is 2.91. The van der Waals surface area contributed by atoms with Gasteiger partial charge in [-0.3, -0.25) is 9.88 Å². The molecule has 20 heavy (non-hydrogen) atoms. The minimum absolute atomic E-state index is 0.221. The van der Waals surface area contributed by atoms with Gasteiger partial charge in [0.2, 0.25) is 0 Å². The molecule has 3 rings (SSSR count). The van der Waals surface area contributed by atoms with Gasteiger partial charge in [0.15, 0.2) is 0 Å². The molecule has 4 heteroatoms. The Labute approximate surface area is 118 Å². The quantitative estimate of drug-likeness (QED) is 0.872. The summed E-state index contributed by atoms with van der Waals surface area (Å²) in [6, 6.07) is 9.31. The SMILES string of the molecule is Nc1ccc(CN2CCCC2c2cccnc2)c(F)c1. The van der Waals surface area contributed by atoms with Crippen LogP contribution in [0.2, 0.25) is 0 Å². The molecule has 0 radical (unpaired) electrons. The van der Waals surface area contributed by atoms with Gasteiger partial charge in [0.1, 0.15) is 5.82 Å². The van der Waals surface area contributed by atoms with E-state index in [4.69, 9.17) is 5.73 Å². The van der Waals surface area contributed by atoms with Crippen LogP contribution in [0.1, 0.15) is 30.0 Å². The summed E-state index contributed by atoms with van der Waals surface area (Å²) in [6.45, 7) is 1.61. The molecule has 104 valence electrons. The number of benzene rings is 1. The number of nitrogen functional groups attached to an aromatic ring is 1. The van der Waals surface area contributed by atoms with Gasteiger partial charge in [0, 0.05) is 36.2 Å². The van der Waals surface area contributed by atoms with Crippen molar-refractivity contribution in [1.29, 1.82) is 0 Å². The molecule has 1 fully saturated rings. The Morgan fingerprint density at radius 2 is 2.25 bits per heavy atom. The van der Waals surface area contributed by atoms with Crippen molar-refractivity contribution in [1.82, 2.24) is 9.88 Å². The van der Waals surface area contributed by atoms with Crippen LogP contribution in [0.4, 0.5) is 10.1 Å². The zero-order valence-electron chi connectivity index (χ0n) is 11.3. The van der Waals surface area contributed by atoms with E-state index in [1.807, 2.05) is 12.3 Å². The van der Waals surface area contributed by atoms with E-state index < -0.39 is 0 Å². The van der Waals surface area contributed by atoms with E-state index in [2.05, 4.69) is 16.0 Å². The summed E-state index contributed by atoms with van der Waals surface area (Å²) in [5, 5.41) is 0. The number of nitrogens with zero attached hydrogens (tertiary/aromatic N) is 2. The van der Waals surface area contributed by atoms with Crippen LogP contribution in [-0.4, -0.2) is 16.4 Å². The van der Waals surface area contributed by atoms with E-state index in [9.17, 15) is 4.39 Å². The first-order valence-electron chi connectivity index (χ1n) is 6.92. The van der Waals surface area contributed by atoms with Crippen molar-refractivity contribution in [2.45, 2.75) is 25.4 Å². The van der Waals surface area contributed by atoms with Crippen LogP contribution in [0.15, 0.2) is 42.7 Å². The van der Waals surface area contributed by atoms with E-state index in [1.54, 1.807) is 18.3 Å². The number of rotatable bonds is 3. The highest BCUT2D eigenvalue weighted by molar-refractivity contribution is 5.40. The van der Waals surface area contributed by atoms with E-state index >= 15 is 0 Å². The van der Waals surface area contributed by atoms with Crippen LogP contribution in [0.3, 0.4) is 0 Å². The molecule has 0 bridgehead atoms. The second-order valence-electron chi connectivity index (χ2n) is 5.27. The van der Waals surface area contributed by atoms with Crippen molar-refractivity contribution < 1.29 is 4.39 Å². The first kappa shape index (κ1) is 13.1. The van der Waals surface area contributed by atoms with Gasteiger partial charge < -0.3 is 5.73 Å². The molecule has 1 aromatic carbocycles. The molecule has 3 nitrogen and oxygen atoms in total. The van der Waals surface area contributed by atoms with Crippen molar-refractivity contribution in [3.05, 3.63) is 59.7 Å². The van der Waals surface area contributed by atoms with Gasteiger partial charge in [-0.05, 0) is 43.1 Å². The molecule has 1 atom stereocenters. The minimum atomic E-state index is -0.221. The van der Waals surface area contributed by atoms with Gasteiger partial charge in [-0.25, -0.2) is 4.39 Å². The lowest BCUT2D eigenvalue weighted by Gasteiger charge is -2.24. The number of pyridine rings is 1. The summed E-state index contributed by atoms with van der Waals surface area (Å²) < 4.78 is 13.9. The third-order valence-electron chi connectivity index (χ3n) is 3.88. The Morgan fingerprint density at radius 3 is 3.00 bits per heavy atom. The molecule has 2 heterocycles. The Morgan fingerprint density at radius 1 is 1.35 bits per heavy atom. The summed E-state index contributed by atoms with van der Waals surface area (Å²) in [5.41, 5.74) is 7.97. The summed E-state index contributed by atoms with van der Waals surface area (Å²) in [4.78, 5) is 6.49. The molecular formula is C16H18FN3. The number of nitrogens with two attached hydrogens (primary N) is 1. The zero-order valence-corrected chi connectivity index (χ0v) is 11.3. The summed E-state index contributed by atoms with van der Waals surface area (Å²) in [7, 11) is 0. The molecule has 1 aliphatic rings. The van der Waals surface area contributed by atoms with Gasteiger partial charge in [-0.15, -0.1) is 0 Å². The van der Waals surface area contributed by atoms with Crippen molar-refractivity contribution in [3.8, 4) is 0 Å². The third kappa shape index (κ3) is 2.65. The highest BCUT2D eigenvalue weighted by Crippen LogP contribution is 2.33. The second kappa shape index (κ2) is 5.59. The maximum Gasteiger partial charge on any atom is 0.129 e. The third-order valence-corrected chi connectivity index (χ3v) is 3.88. The second-order valence-corrected chi connectivity index (χ2v) is 5.27. The Kier molecular flexibility index (Phi) is 3.65. The average molecular weight is 271 g/mol. The predicted molar refractivity (Wildman–Crippen MR) is 77.4 cm³/mol. The minimum Gasteiger partial charge on any atom is -0.399 e. The van der Waals surface area contributed by atoms with E-state index in [0.29, 0.717) is 23.8 Å². The molecule has 1 unspecified atom stereocenters. The lowest BCUT2D eigenvalue weighted by atomic mass is 10.1. The molecule has 0 amide bonds. The van der Waals surface area contributed by atoms with Crippen molar-refractivity contribution in [2.24, 2.45) is 0 Å². The molecule has 1 aromatic heterocycles. The molecule has 1 saturated heterocycles. The lowest BCUT2D eigenvalue weighted by Crippen LogP contribution is -2.23. The number of hydrogen-bond donors (Lipinski definition) is 1. The smallest absolute Gasteiger partial charge is 0.129 e. The number of anilines is 1. The van der Waals surface area contributed by atoms with Crippen LogP contribution in [-0.2, 0) is 6.54 Å². The fraction of sp³-hybridized carbons (Fsp3) is 0.312. The van der Waals surface area contributed by atoms with Crippen LogP contribution < -0.4 is 5.73 Å².